The number of non-ortho nitro benzene ring substituents is 1. The first kappa shape index (κ1) is 23.2. The summed E-state index contributed by atoms with van der Waals surface area (Å²) in [5.74, 6) is 0. The van der Waals surface area contributed by atoms with Crippen LogP contribution in [-0.4, -0.2) is 16.4 Å². The number of rotatable bonds is 5. The second-order valence-electron chi connectivity index (χ2n) is 5.78. The molecule has 0 bridgehead atoms. The highest BCUT2D eigenvalue weighted by atomic mass is 35.5. The molecule has 0 aliphatic heterocycles. The van der Waals surface area contributed by atoms with Gasteiger partial charge in [0.15, 0.2) is 0 Å². The van der Waals surface area contributed by atoms with Crippen LogP contribution in [0.1, 0.15) is 18.1 Å². The van der Waals surface area contributed by atoms with E-state index in [9.17, 15) is 46.6 Å². The summed E-state index contributed by atoms with van der Waals surface area (Å²) in [5.41, 5.74) is -7.96. The molecule has 0 saturated carbocycles. The number of alkyl halides is 6. The fraction of sp³-hybridized carbons (Fsp3) is 0.250. The Morgan fingerprint density at radius 1 is 0.933 bits per heavy atom. The van der Waals surface area contributed by atoms with Gasteiger partial charge in [-0.15, -0.1) is 0 Å². The Labute approximate surface area is 168 Å². The summed E-state index contributed by atoms with van der Waals surface area (Å²) in [4.78, 5) is 20.2. The highest BCUT2D eigenvalue weighted by Gasteiger charge is 2.43. The first-order valence-electron chi connectivity index (χ1n) is 7.86. The highest BCUT2D eigenvalue weighted by Crippen LogP contribution is 2.48. The molecular weight excluding hydrogens is 448 g/mol. The molecule has 2 aromatic carbocycles. The van der Waals surface area contributed by atoms with Crippen LogP contribution in [0.4, 0.5) is 49.1 Å². The van der Waals surface area contributed by atoms with Gasteiger partial charge >= 0.3 is 12.4 Å². The number of hydrogen-bond acceptors (Lipinski definition) is 5. The molecule has 0 N–H and O–H groups in total. The Kier molecular flexibility index (Phi) is 6.16. The molecule has 30 heavy (non-hydrogen) atoms. The average Bonchev–Trinajstić information content (AvgIpc) is 2.61. The van der Waals surface area contributed by atoms with E-state index in [-0.39, 0.29) is 17.2 Å². The van der Waals surface area contributed by atoms with Gasteiger partial charge < -0.3 is 4.90 Å². The smallest absolute Gasteiger partial charge is 0.335 e. The lowest BCUT2D eigenvalue weighted by Crippen LogP contribution is -2.25. The molecule has 14 heteroatoms. The van der Waals surface area contributed by atoms with E-state index in [4.69, 9.17) is 11.6 Å². The molecule has 0 aliphatic rings. The summed E-state index contributed by atoms with van der Waals surface area (Å²) < 4.78 is 81.3. The van der Waals surface area contributed by atoms with Crippen molar-refractivity contribution < 1.29 is 36.2 Å². The first-order valence-corrected chi connectivity index (χ1v) is 8.24. The van der Waals surface area contributed by atoms with Gasteiger partial charge in [-0.2, -0.15) is 26.3 Å². The van der Waals surface area contributed by atoms with Gasteiger partial charge in [0.25, 0.3) is 11.4 Å². The molecule has 2 aromatic rings. The predicted molar refractivity (Wildman–Crippen MR) is 93.9 cm³/mol. The maximum Gasteiger partial charge on any atom is 0.418 e. The van der Waals surface area contributed by atoms with E-state index in [0.717, 1.165) is 12.1 Å². The largest absolute Gasteiger partial charge is 0.418 e. The van der Waals surface area contributed by atoms with Gasteiger partial charge in [-0.25, -0.2) is 0 Å². The molecule has 0 atom stereocenters. The van der Waals surface area contributed by atoms with Crippen LogP contribution in [0.3, 0.4) is 0 Å². The van der Waals surface area contributed by atoms with Crippen LogP contribution in [0.15, 0.2) is 30.3 Å². The lowest BCUT2D eigenvalue weighted by Gasteiger charge is -2.28. The van der Waals surface area contributed by atoms with Crippen molar-refractivity contribution >= 4 is 34.4 Å². The van der Waals surface area contributed by atoms with Crippen LogP contribution in [0.25, 0.3) is 0 Å². The maximum atomic E-state index is 13.6. The van der Waals surface area contributed by atoms with Crippen molar-refractivity contribution in [3.8, 4) is 0 Å². The standard InChI is InChI=1S/C16H10ClF6N3O4/c1-2-24(12-4-3-8(17)5-10(12)15(18,19)20)14-11(16(21,22)23)6-9(25(27)28)7-13(14)26(29)30/h3-7H,2H2,1H3. The van der Waals surface area contributed by atoms with Gasteiger partial charge in [-0.05, 0) is 25.1 Å². The first-order chi connectivity index (χ1) is 13.7. The van der Waals surface area contributed by atoms with Crippen molar-refractivity contribution in [3.63, 3.8) is 0 Å². The molecule has 0 amide bonds. The maximum absolute atomic E-state index is 13.6. The number of hydrogen-bond donors (Lipinski definition) is 0. The highest BCUT2D eigenvalue weighted by molar-refractivity contribution is 6.30. The summed E-state index contributed by atoms with van der Waals surface area (Å²) >= 11 is 5.58. The SMILES string of the molecule is CCN(c1ccc(Cl)cc1C(F)(F)F)c1c([N+](=O)[O-])cc([N+](=O)[O-])cc1C(F)(F)F. The van der Waals surface area contributed by atoms with Crippen LogP contribution in [0.2, 0.25) is 5.02 Å². The van der Waals surface area contributed by atoms with Crippen molar-refractivity contribution in [1.29, 1.82) is 0 Å². The molecule has 0 fully saturated rings. The average molecular weight is 458 g/mol. The fourth-order valence-electron chi connectivity index (χ4n) is 2.77. The second kappa shape index (κ2) is 7.97. The Hall–Kier alpha value is -3.09. The summed E-state index contributed by atoms with van der Waals surface area (Å²) in [5, 5.41) is 22.0. The molecule has 0 aliphatic carbocycles. The molecule has 7 nitrogen and oxygen atoms in total. The van der Waals surface area contributed by atoms with Crippen molar-refractivity contribution in [2.45, 2.75) is 19.3 Å². The van der Waals surface area contributed by atoms with E-state index >= 15 is 0 Å². The quantitative estimate of drug-likeness (QED) is 0.296. The third kappa shape index (κ3) is 4.56. The molecule has 2 rings (SSSR count). The van der Waals surface area contributed by atoms with Gasteiger partial charge in [0.2, 0.25) is 0 Å². The van der Waals surface area contributed by atoms with Crippen LogP contribution >= 0.6 is 11.6 Å². The van der Waals surface area contributed by atoms with E-state index in [1.165, 1.54) is 6.92 Å². The second-order valence-corrected chi connectivity index (χ2v) is 6.21. The molecule has 0 radical (unpaired) electrons. The Morgan fingerprint density at radius 3 is 1.93 bits per heavy atom. The zero-order chi connectivity index (χ0) is 23.0. The van der Waals surface area contributed by atoms with Crippen molar-refractivity contribution in [2.75, 3.05) is 11.4 Å². The van der Waals surface area contributed by atoms with Crippen LogP contribution in [0, 0.1) is 20.2 Å². The van der Waals surface area contributed by atoms with E-state index in [2.05, 4.69) is 0 Å². The van der Waals surface area contributed by atoms with Gasteiger partial charge in [0, 0.05) is 17.6 Å². The molecule has 0 saturated heterocycles. The number of nitrogens with zero attached hydrogens (tertiary/aromatic N) is 3. The van der Waals surface area contributed by atoms with Gasteiger partial charge in [-0.3, -0.25) is 20.2 Å². The van der Waals surface area contributed by atoms with Gasteiger partial charge in [0.1, 0.15) is 5.69 Å². The number of halogens is 7. The summed E-state index contributed by atoms with van der Waals surface area (Å²) in [6.45, 7) is 0.604. The monoisotopic (exact) mass is 457 g/mol. The summed E-state index contributed by atoms with van der Waals surface area (Å²) in [6.07, 6.45) is -10.4. The summed E-state index contributed by atoms with van der Waals surface area (Å²) in [6, 6.07) is 2.49. The van der Waals surface area contributed by atoms with E-state index in [0.29, 0.717) is 11.0 Å². The van der Waals surface area contributed by atoms with Crippen molar-refractivity contribution in [3.05, 3.63) is 66.7 Å². The fourth-order valence-corrected chi connectivity index (χ4v) is 2.94. The minimum atomic E-state index is -5.34. The van der Waals surface area contributed by atoms with Crippen LogP contribution in [0.5, 0.6) is 0 Å². The van der Waals surface area contributed by atoms with Crippen molar-refractivity contribution in [2.24, 2.45) is 0 Å². The topological polar surface area (TPSA) is 89.5 Å². The molecule has 0 unspecified atom stereocenters. The number of benzene rings is 2. The minimum absolute atomic E-state index is 0.0359. The van der Waals surface area contributed by atoms with Crippen LogP contribution < -0.4 is 4.90 Å². The zero-order valence-electron chi connectivity index (χ0n) is 14.7. The zero-order valence-corrected chi connectivity index (χ0v) is 15.5. The third-order valence-corrected chi connectivity index (χ3v) is 4.16. The van der Waals surface area contributed by atoms with E-state index < -0.39 is 62.6 Å². The third-order valence-electron chi connectivity index (χ3n) is 3.93. The molecule has 0 spiro atoms. The molecule has 0 aromatic heterocycles. The lowest BCUT2D eigenvalue weighted by molar-refractivity contribution is -0.394. The predicted octanol–water partition coefficient (Wildman–Crippen LogP) is 6.35. The molecule has 162 valence electrons. The Bertz CT molecular complexity index is 1010. The lowest BCUT2D eigenvalue weighted by atomic mass is 10.0. The van der Waals surface area contributed by atoms with Gasteiger partial charge in [0.05, 0.1) is 32.7 Å². The Morgan fingerprint density at radius 2 is 1.50 bits per heavy atom. The van der Waals surface area contributed by atoms with Crippen molar-refractivity contribution in [1.82, 2.24) is 0 Å². The number of nitro benzene ring substituents is 2. The summed E-state index contributed by atoms with van der Waals surface area (Å²) in [7, 11) is 0. The van der Waals surface area contributed by atoms with Gasteiger partial charge in [-0.1, -0.05) is 11.6 Å². The number of nitro groups is 2. The van der Waals surface area contributed by atoms with Crippen LogP contribution in [-0.2, 0) is 12.4 Å². The number of anilines is 2. The van der Waals surface area contributed by atoms with E-state index in [1.54, 1.807) is 0 Å². The minimum Gasteiger partial charge on any atom is -0.335 e. The Balaban J connectivity index is 2.97. The van der Waals surface area contributed by atoms with E-state index in [1.807, 2.05) is 0 Å². The molecular formula is C16H10ClF6N3O4. The normalized spacial score (nSPS) is 12.0. The molecule has 0 heterocycles.